The number of hydrogen-bond acceptors (Lipinski definition) is 3. The summed E-state index contributed by atoms with van der Waals surface area (Å²) in [6.45, 7) is 0. The maximum Gasteiger partial charge on any atom is 0.203 e. The number of aromatic amines is 1. The summed E-state index contributed by atoms with van der Waals surface area (Å²) in [6, 6.07) is 8.11. The molecule has 0 bridgehead atoms. The van der Waals surface area contributed by atoms with Gasteiger partial charge in [-0.2, -0.15) is 0 Å². The van der Waals surface area contributed by atoms with Gasteiger partial charge in [-0.15, -0.1) is 0 Å². The lowest BCUT2D eigenvalue weighted by Crippen LogP contribution is -2.32. The van der Waals surface area contributed by atoms with E-state index in [4.69, 9.17) is 0 Å². The molecule has 1 aliphatic carbocycles. The lowest BCUT2D eigenvalue weighted by Gasteiger charge is -2.29. The Labute approximate surface area is 159 Å². The number of imidazole rings is 1. The SMILES string of the molecule is CN(c1nc2c(F)c(Cc3ccncc3)ccc2[nH]1)C1CCCCCCC1. The van der Waals surface area contributed by atoms with Gasteiger partial charge in [-0.05, 0) is 42.2 Å². The summed E-state index contributed by atoms with van der Waals surface area (Å²) < 4.78 is 15.1. The zero-order valence-electron chi connectivity index (χ0n) is 15.9. The normalized spacial score (nSPS) is 16.2. The van der Waals surface area contributed by atoms with Gasteiger partial charge in [0, 0.05) is 31.9 Å². The highest BCUT2D eigenvalue weighted by Gasteiger charge is 2.20. The molecule has 0 radical (unpaired) electrons. The molecular weight excluding hydrogens is 339 g/mol. The minimum atomic E-state index is -0.224. The second kappa shape index (κ2) is 8.07. The van der Waals surface area contributed by atoms with Gasteiger partial charge in [-0.3, -0.25) is 4.98 Å². The van der Waals surface area contributed by atoms with Gasteiger partial charge in [0.15, 0.2) is 5.82 Å². The molecule has 2 heterocycles. The van der Waals surface area contributed by atoms with Crippen LogP contribution in [0.5, 0.6) is 0 Å². The Bertz CT molecular complexity index is 882. The summed E-state index contributed by atoms with van der Waals surface area (Å²) in [5.41, 5.74) is 2.92. The summed E-state index contributed by atoms with van der Waals surface area (Å²) in [7, 11) is 2.08. The molecule has 4 nitrogen and oxygen atoms in total. The van der Waals surface area contributed by atoms with Crippen LogP contribution in [0.15, 0.2) is 36.7 Å². The van der Waals surface area contributed by atoms with E-state index in [-0.39, 0.29) is 5.82 Å². The highest BCUT2D eigenvalue weighted by Crippen LogP contribution is 2.27. The quantitative estimate of drug-likeness (QED) is 0.687. The minimum Gasteiger partial charge on any atom is -0.342 e. The van der Waals surface area contributed by atoms with Crippen molar-refractivity contribution in [1.82, 2.24) is 15.0 Å². The molecule has 0 aliphatic heterocycles. The number of nitrogens with one attached hydrogen (secondary N) is 1. The molecule has 142 valence electrons. The van der Waals surface area contributed by atoms with E-state index < -0.39 is 0 Å². The average molecular weight is 366 g/mol. The Hall–Kier alpha value is -2.43. The first kappa shape index (κ1) is 18.0. The minimum absolute atomic E-state index is 0.224. The van der Waals surface area contributed by atoms with Crippen molar-refractivity contribution >= 4 is 17.0 Å². The molecule has 1 N–H and O–H groups in total. The van der Waals surface area contributed by atoms with E-state index in [1.54, 1.807) is 12.4 Å². The van der Waals surface area contributed by atoms with Crippen molar-refractivity contribution in [2.75, 3.05) is 11.9 Å². The van der Waals surface area contributed by atoms with Crippen LogP contribution in [0.2, 0.25) is 0 Å². The fourth-order valence-electron chi connectivity index (χ4n) is 4.09. The molecule has 5 heteroatoms. The molecule has 1 aliphatic rings. The summed E-state index contributed by atoms with van der Waals surface area (Å²) >= 11 is 0. The Morgan fingerprint density at radius 1 is 1.04 bits per heavy atom. The van der Waals surface area contributed by atoms with E-state index in [2.05, 4.69) is 26.9 Å². The molecule has 0 unspecified atom stereocenters. The smallest absolute Gasteiger partial charge is 0.203 e. The predicted molar refractivity (Wildman–Crippen MR) is 108 cm³/mol. The molecule has 2 aromatic heterocycles. The van der Waals surface area contributed by atoms with Crippen molar-refractivity contribution in [2.24, 2.45) is 0 Å². The molecule has 27 heavy (non-hydrogen) atoms. The molecule has 0 amide bonds. The van der Waals surface area contributed by atoms with E-state index in [0.717, 1.165) is 17.0 Å². The number of aromatic nitrogens is 3. The number of hydrogen-bond donors (Lipinski definition) is 1. The molecule has 1 fully saturated rings. The second-order valence-electron chi connectivity index (χ2n) is 7.64. The Kier molecular flexibility index (Phi) is 5.37. The predicted octanol–water partition coefficient (Wildman–Crippen LogP) is 5.24. The van der Waals surface area contributed by atoms with Crippen LogP contribution in [0.4, 0.5) is 10.3 Å². The van der Waals surface area contributed by atoms with Crippen molar-refractivity contribution in [3.63, 3.8) is 0 Å². The molecule has 3 aromatic rings. The van der Waals surface area contributed by atoms with Gasteiger partial charge in [0.2, 0.25) is 5.95 Å². The molecule has 0 spiro atoms. The lowest BCUT2D eigenvalue weighted by molar-refractivity contribution is 0.438. The fraction of sp³-hybridized carbons (Fsp3) is 0.455. The fourth-order valence-corrected chi connectivity index (χ4v) is 4.09. The van der Waals surface area contributed by atoms with Crippen LogP contribution >= 0.6 is 0 Å². The van der Waals surface area contributed by atoms with Gasteiger partial charge >= 0.3 is 0 Å². The van der Waals surface area contributed by atoms with Crippen molar-refractivity contribution < 1.29 is 4.39 Å². The average Bonchev–Trinajstić information content (AvgIpc) is 3.09. The topological polar surface area (TPSA) is 44.8 Å². The number of benzene rings is 1. The zero-order chi connectivity index (χ0) is 18.6. The standard InChI is InChI=1S/C22H27FN4/c1-27(18-7-5-3-2-4-6-8-18)22-25-19-10-9-17(20(23)21(19)26-22)15-16-11-13-24-14-12-16/h9-14,18H,2-8,15H2,1H3,(H,25,26). The van der Waals surface area contributed by atoms with Crippen LogP contribution in [0.3, 0.4) is 0 Å². The first-order valence-corrected chi connectivity index (χ1v) is 10.0. The van der Waals surface area contributed by atoms with Crippen molar-refractivity contribution in [3.8, 4) is 0 Å². The van der Waals surface area contributed by atoms with E-state index in [0.29, 0.717) is 23.5 Å². The summed E-state index contributed by atoms with van der Waals surface area (Å²) in [5.74, 6) is 0.549. The van der Waals surface area contributed by atoms with E-state index in [1.165, 1.54) is 44.9 Å². The number of anilines is 1. The van der Waals surface area contributed by atoms with Gasteiger partial charge in [0.1, 0.15) is 5.52 Å². The van der Waals surface area contributed by atoms with E-state index in [9.17, 15) is 0 Å². The summed E-state index contributed by atoms with van der Waals surface area (Å²) in [6.07, 6.45) is 12.9. The molecule has 0 saturated heterocycles. The number of pyridine rings is 1. The third kappa shape index (κ3) is 3.97. The monoisotopic (exact) mass is 366 g/mol. The first-order chi connectivity index (χ1) is 13.2. The first-order valence-electron chi connectivity index (χ1n) is 10.0. The van der Waals surface area contributed by atoms with Crippen molar-refractivity contribution in [3.05, 3.63) is 53.6 Å². The molecule has 1 saturated carbocycles. The van der Waals surface area contributed by atoms with Crippen LogP contribution in [0, 0.1) is 5.82 Å². The Morgan fingerprint density at radius 2 is 1.74 bits per heavy atom. The number of rotatable bonds is 4. The van der Waals surface area contributed by atoms with Crippen LogP contribution in [-0.2, 0) is 6.42 Å². The van der Waals surface area contributed by atoms with Gasteiger partial charge in [0.25, 0.3) is 0 Å². The van der Waals surface area contributed by atoms with Crippen LogP contribution in [0.25, 0.3) is 11.0 Å². The highest BCUT2D eigenvalue weighted by atomic mass is 19.1. The third-order valence-corrected chi connectivity index (χ3v) is 5.76. The molecular formula is C22H27FN4. The van der Waals surface area contributed by atoms with Crippen molar-refractivity contribution in [1.29, 1.82) is 0 Å². The number of nitrogens with zero attached hydrogens (tertiary/aromatic N) is 3. The largest absolute Gasteiger partial charge is 0.342 e. The summed E-state index contributed by atoms with van der Waals surface area (Å²) in [5, 5.41) is 0. The number of halogens is 1. The Balaban J connectivity index is 1.59. The van der Waals surface area contributed by atoms with Crippen molar-refractivity contribution in [2.45, 2.75) is 57.4 Å². The molecule has 0 atom stereocenters. The lowest BCUT2D eigenvalue weighted by atomic mass is 9.96. The van der Waals surface area contributed by atoms with Gasteiger partial charge in [-0.1, -0.05) is 38.2 Å². The van der Waals surface area contributed by atoms with Gasteiger partial charge in [-0.25, -0.2) is 9.37 Å². The molecule has 4 rings (SSSR count). The zero-order valence-corrected chi connectivity index (χ0v) is 15.9. The van der Waals surface area contributed by atoms with Crippen LogP contribution in [-0.4, -0.2) is 28.0 Å². The third-order valence-electron chi connectivity index (χ3n) is 5.76. The second-order valence-corrected chi connectivity index (χ2v) is 7.64. The van der Waals surface area contributed by atoms with E-state index in [1.807, 2.05) is 24.3 Å². The highest BCUT2D eigenvalue weighted by molar-refractivity contribution is 5.79. The number of H-pyrrole nitrogens is 1. The molecule has 1 aromatic carbocycles. The maximum absolute atomic E-state index is 15.1. The maximum atomic E-state index is 15.1. The van der Waals surface area contributed by atoms with Crippen LogP contribution in [0.1, 0.15) is 56.1 Å². The summed E-state index contributed by atoms with van der Waals surface area (Å²) in [4.78, 5) is 14.2. The Morgan fingerprint density at radius 3 is 2.48 bits per heavy atom. The van der Waals surface area contributed by atoms with Crippen LogP contribution < -0.4 is 4.90 Å². The van der Waals surface area contributed by atoms with Gasteiger partial charge < -0.3 is 9.88 Å². The van der Waals surface area contributed by atoms with E-state index >= 15 is 4.39 Å². The van der Waals surface area contributed by atoms with Gasteiger partial charge in [0.05, 0.1) is 5.52 Å². The number of fused-ring (bicyclic) bond motifs is 1.